The number of ether oxygens (including phenoxy) is 2. The van der Waals surface area contributed by atoms with Crippen molar-refractivity contribution in [2.45, 2.75) is 44.9 Å². The second-order valence-corrected chi connectivity index (χ2v) is 11.3. The van der Waals surface area contributed by atoms with Gasteiger partial charge in [-0.1, -0.05) is 17.7 Å². The van der Waals surface area contributed by atoms with Crippen LogP contribution in [0.1, 0.15) is 55.3 Å². The van der Waals surface area contributed by atoms with Crippen LogP contribution >= 0.6 is 11.6 Å². The maximum Gasteiger partial charge on any atom is 0.254 e. The molecule has 0 unspecified atom stereocenters. The summed E-state index contributed by atoms with van der Waals surface area (Å²) >= 11 is 5.90. The minimum atomic E-state index is -0.840. The molecule has 3 fully saturated rings. The Morgan fingerprint density at radius 1 is 1.25 bits per heavy atom. The summed E-state index contributed by atoms with van der Waals surface area (Å²) in [5.74, 6) is 0.674. The van der Waals surface area contributed by atoms with E-state index >= 15 is 0 Å². The molecule has 2 saturated heterocycles. The first-order valence-electron chi connectivity index (χ1n) is 12.4. The minimum absolute atomic E-state index is 0.0361. The average Bonchev–Trinajstić information content (AvgIpc) is 3.57. The Kier molecular flexibility index (Phi) is 6.93. The zero-order valence-electron chi connectivity index (χ0n) is 20.5. The molecule has 1 aliphatic carbocycles. The first kappa shape index (κ1) is 25.3. The Hall–Kier alpha value is -2.33. The van der Waals surface area contributed by atoms with E-state index in [-0.39, 0.29) is 17.6 Å². The number of amides is 1. The van der Waals surface area contributed by atoms with Crippen LogP contribution < -0.4 is 10.2 Å². The third-order valence-corrected chi connectivity index (χ3v) is 7.85. The minimum Gasteiger partial charge on any atom is -0.394 e. The Labute approximate surface area is 215 Å². The topological polar surface area (TPSA) is 96.8 Å². The van der Waals surface area contributed by atoms with E-state index in [1.807, 2.05) is 0 Å². The van der Waals surface area contributed by atoms with Gasteiger partial charge < -0.3 is 24.8 Å². The van der Waals surface area contributed by atoms with Crippen LogP contribution in [0.3, 0.4) is 0 Å². The number of nitrogens with zero attached hydrogens (tertiary/aromatic N) is 3. The molecule has 0 bridgehead atoms. The molecule has 36 heavy (non-hydrogen) atoms. The number of hydrogen-bond acceptors (Lipinski definition) is 7. The number of aromatic nitrogens is 2. The summed E-state index contributed by atoms with van der Waals surface area (Å²) in [6, 6.07) is 4.39. The third-order valence-electron chi connectivity index (χ3n) is 7.65. The van der Waals surface area contributed by atoms with Crippen molar-refractivity contribution in [2.75, 3.05) is 37.8 Å². The van der Waals surface area contributed by atoms with Gasteiger partial charge in [0.15, 0.2) is 6.29 Å². The molecule has 1 aromatic carbocycles. The number of halogens is 2. The van der Waals surface area contributed by atoms with E-state index < -0.39 is 23.6 Å². The predicted molar refractivity (Wildman–Crippen MR) is 132 cm³/mol. The summed E-state index contributed by atoms with van der Waals surface area (Å²) in [6.45, 7) is 6.07. The molecule has 1 atom stereocenters. The predicted octanol–water partition coefficient (Wildman–Crippen LogP) is 3.74. The van der Waals surface area contributed by atoms with Gasteiger partial charge in [-0.15, -0.1) is 0 Å². The van der Waals surface area contributed by atoms with Gasteiger partial charge in [0, 0.05) is 24.1 Å². The SMILES string of the molecule is CC(C)(CO)NC(=O)c1ccc(C2OCC3(CO2)C[C@H]3C2CCN(c3ncc(Cl)cn3)CC2)cc1F. The Morgan fingerprint density at radius 3 is 2.53 bits per heavy atom. The van der Waals surface area contributed by atoms with Crippen molar-refractivity contribution >= 4 is 23.5 Å². The standard InChI is InChI=1S/C26H32ClFN4O4/c1-25(2,13-33)31-22(34)19-4-3-17(9-21(19)28)23-35-14-26(15-36-23)10-20(26)16-5-7-32(8-6-16)24-29-11-18(27)12-30-24/h3-4,9,11-12,16,20,23,33H,5-8,10,13-15H2,1-2H3,(H,31,34)/t20-,23?,26?/m0/s1. The maximum absolute atomic E-state index is 14.7. The quantitative estimate of drug-likeness (QED) is 0.601. The first-order chi connectivity index (χ1) is 17.2. The number of aliphatic hydroxyl groups is 1. The van der Waals surface area contributed by atoms with Gasteiger partial charge in [-0.05, 0) is 57.1 Å². The number of rotatable bonds is 6. The molecule has 1 amide bonds. The van der Waals surface area contributed by atoms with Crippen LogP contribution in [0.5, 0.6) is 0 Å². The highest BCUT2D eigenvalue weighted by Gasteiger charge is 2.59. The highest BCUT2D eigenvalue weighted by Crippen LogP contribution is 2.61. The molecular weight excluding hydrogens is 487 g/mol. The second kappa shape index (κ2) is 9.85. The first-order valence-corrected chi connectivity index (χ1v) is 12.8. The molecule has 1 saturated carbocycles. The zero-order valence-corrected chi connectivity index (χ0v) is 21.3. The fourth-order valence-corrected chi connectivity index (χ4v) is 5.49. The number of aliphatic hydroxyl groups excluding tert-OH is 1. The van der Waals surface area contributed by atoms with E-state index in [0.717, 1.165) is 38.3 Å². The van der Waals surface area contributed by atoms with Crippen molar-refractivity contribution in [2.24, 2.45) is 17.3 Å². The summed E-state index contributed by atoms with van der Waals surface area (Å²) in [6.07, 6.45) is 5.83. The molecule has 194 valence electrons. The van der Waals surface area contributed by atoms with E-state index in [4.69, 9.17) is 21.1 Å². The number of anilines is 1. The van der Waals surface area contributed by atoms with Crippen LogP contribution in [-0.2, 0) is 9.47 Å². The zero-order chi connectivity index (χ0) is 25.5. The van der Waals surface area contributed by atoms with Crippen LogP contribution in [-0.4, -0.2) is 59.4 Å². The smallest absolute Gasteiger partial charge is 0.254 e. The Bertz CT molecular complexity index is 1100. The van der Waals surface area contributed by atoms with Crippen molar-refractivity contribution in [3.8, 4) is 0 Å². The van der Waals surface area contributed by atoms with Crippen LogP contribution in [0.2, 0.25) is 5.02 Å². The van der Waals surface area contributed by atoms with Crippen molar-refractivity contribution in [3.05, 3.63) is 52.6 Å². The molecule has 5 rings (SSSR count). The average molecular weight is 519 g/mol. The van der Waals surface area contributed by atoms with Crippen molar-refractivity contribution in [1.29, 1.82) is 0 Å². The number of carbonyl (C=O) groups is 1. The van der Waals surface area contributed by atoms with Crippen LogP contribution in [0, 0.1) is 23.1 Å². The van der Waals surface area contributed by atoms with Crippen molar-refractivity contribution < 1.29 is 23.8 Å². The molecule has 2 N–H and O–H groups in total. The van der Waals surface area contributed by atoms with E-state index in [2.05, 4.69) is 20.2 Å². The van der Waals surface area contributed by atoms with Gasteiger partial charge in [-0.2, -0.15) is 0 Å². The Balaban J connectivity index is 1.13. The molecule has 0 radical (unpaired) electrons. The van der Waals surface area contributed by atoms with E-state index in [9.17, 15) is 14.3 Å². The lowest BCUT2D eigenvalue weighted by Gasteiger charge is -2.35. The number of carbonyl (C=O) groups excluding carboxylic acids is 1. The third kappa shape index (κ3) is 5.20. The van der Waals surface area contributed by atoms with Gasteiger partial charge in [-0.3, -0.25) is 4.79 Å². The van der Waals surface area contributed by atoms with Crippen LogP contribution in [0.15, 0.2) is 30.6 Å². The summed E-state index contributed by atoms with van der Waals surface area (Å²) in [5.41, 5.74) is -0.333. The highest BCUT2D eigenvalue weighted by atomic mass is 35.5. The molecule has 10 heteroatoms. The van der Waals surface area contributed by atoms with Gasteiger partial charge in [0.05, 0.1) is 48.3 Å². The summed E-state index contributed by atoms with van der Waals surface area (Å²) in [7, 11) is 0. The highest BCUT2D eigenvalue weighted by molar-refractivity contribution is 6.30. The van der Waals surface area contributed by atoms with Crippen molar-refractivity contribution in [1.82, 2.24) is 15.3 Å². The van der Waals surface area contributed by atoms with E-state index in [1.165, 1.54) is 12.1 Å². The lowest BCUT2D eigenvalue weighted by Crippen LogP contribution is -2.46. The molecular formula is C26H32ClFN4O4. The monoisotopic (exact) mass is 518 g/mol. The molecule has 3 aliphatic rings. The molecule has 2 aromatic rings. The molecule has 3 heterocycles. The number of piperidine rings is 1. The van der Waals surface area contributed by atoms with Crippen LogP contribution in [0.4, 0.5) is 10.3 Å². The molecule has 1 aromatic heterocycles. The number of benzene rings is 1. The van der Waals surface area contributed by atoms with Gasteiger partial charge >= 0.3 is 0 Å². The van der Waals surface area contributed by atoms with Gasteiger partial charge in [-0.25, -0.2) is 14.4 Å². The normalized spacial score (nSPS) is 26.8. The van der Waals surface area contributed by atoms with Gasteiger partial charge in [0.25, 0.3) is 5.91 Å². The van der Waals surface area contributed by atoms with E-state index in [1.54, 1.807) is 32.3 Å². The summed E-state index contributed by atoms with van der Waals surface area (Å²) in [5, 5.41) is 12.5. The molecule has 8 nitrogen and oxygen atoms in total. The van der Waals surface area contributed by atoms with Gasteiger partial charge in [0.2, 0.25) is 5.95 Å². The van der Waals surface area contributed by atoms with E-state index in [0.29, 0.717) is 35.6 Å². The van der Waals surface area contributed by atoms with Crippen LogP contribution in [0.25, 0.3) is 0 Å². The number of hydrogen-bond donors (Lipinski definition) is 2. The maximum atomic E-state index is 14.7. The molecule has 2 aliphatic heterocycles. The Morgan fingerprint density at radius 2 is 1.92 bits per heavy atom. The fraction of sp³-hybridized carbons (Fsp3) is 0.577. The van der Waals surface area contributed by atoms with Gasteiger partial charge in [0.1, 0.15) is 5.82 Å². The van der Waals surface area contributed by atoms with Crippen molar-refractivity contribution in [3.63, 3.8) is 0 Å². The largest absolute Gasteiger partial charge is 0.394 e. The number of nitrogens with one attached hydrogen (secondary N) is 1. The molecule has 1 spiro atoms. The lowest BCUT2D eigenvalue weighted by molar-refractivity contribution is -0.216. The summed E-state index contributed by atoms with van der Waals surface area (Å²) < 4.78 is 26.8. The fourth-order valence-electron chi connectivity index (χ4n) is 5.39. The summed E-state index contributed by atoms with van der Waals surface area (Å²) in [4.78, 5) is 23.3. The second-order valence-electron chi connectivity index (χ2n) is 10.9. The lowest BCUT2D eigenvalue weighted by atomic mass is 9.87.